The molecule has 0 aliphatic carbocycles. The van der Waals surface area contributed by atoms with E-state index in [0.29, 0.717) is 24.2 Å². The lowest BCUT2D eigenvalue weighted by Gasteiger charge is -2.30. The highest BCUT2D eigenvalue weighted by molar-refractivity contribution is 9.10. The average Bonchev–Trinajstić information content (AvgIpc) is 2.91. The summed E-state index contributed by atoms with van der Waals surface area (Å²) in [7, 11) is 0. The zero-order valence-electron chi connectivity index (χ0n) is 20.0. The average molecular weight is 548 g/mol. The molecule has 6 nitrogen and oxygen atoms in total. The third-order valence-corrected chi connectivity index (χ3v) is 7.56. The Balaban J connectivity index is 1.18. The van der Waals surface area contributed by atoms with E-state index in [1.165, 1.54) is 11.1 Å². The number of hydrogen-bond acceptors (Lipinski definition) is 5. The van der Waals surface area contributed by atoms with Crippen molar-refractivity contribution in [3.8, 4) is 0 Å². The molecule has 7 heteroatoms. The number of nitrogens with zero attached hydrogens (tertiary/aromatic N) is 1. The second-order valence-corrected chi connectivity index (χ2v) is 10.5. The molecule has 0 bridgehead atoms. The molecule has 0 saturated carbocycles. The number of carbonyl (C=O) groups is 2. The minimum absolute atomic E-state index is 0.0177. The first kappa shape index (κ1) is 24.8. The van der Waals surface area contributed by atoms with Crippen molar-refractivity contribution in [2.75, 3.05) is 26.2 Å². The Morgan fingerprint density at radius 3 is 2.56 bits per heavy atom. The highest BCUT2D eigenvalue weighted by Gasteiger charge is 2.28. The molecule has 3 aromatic carbocycles. The quantitative estimate of drug-likeness (QED) is 0.393. The van der Waals surface area contributed by atoms with Crippen molar-refractivity contribution in [3.63, 3.8) is 0 Å². The Kier molecular flexibility index (Phi) is 7.62. The maximum absolute atomic E-state index is 13.1. The molecule has 36 heavy (non-hydrogen) atoms. The SMILES string of the molecule is O=C(NCC(O)CN1CCc2ccccc2C1)c1ccc2c(c1)CCN[C@@H]2C(=O)c1ccc(Br)cc1. The smallest absolute Gasteiger partial charge is 0.251 e. The van der Waals surface area contributed by atoms with Gasteiger partial charge in [-0.1, -0.05) is 58.4 Å². The van der Waals surface area contributed by atoms with Crippen LogP contribution in [0.25, 0.3) is 0 Å². The lowest BCUT2D eigenvalue weighted by Crippen LogP contribution is -2.42. The number of aliphatic hydroxyl groups excluding tert-OH is 1. The number of fused-ring (bicyclic) bond motifs is 2. The molecule has 0 aromatic heterocycles. The Morgan fingerprint density at radius 1 is 1.00 bits per heavy atom. The van der Waals surface area contributed by atoms with Crippen molar-refractivity contribution in [2.24, 2.45) is 0 Å². The highest BCUT2D eigenvalue weighted by Crippen LogP contribution is 2.27. The van der Waals surface area contributed by atoms with Crippen LogP contribution in [0.4, 0.5) is 0 Å². The molecule has 3 N–H and O–H groups in total. The van der Waals surface area contributed by atoms with Gasteiger partial charge in [0.2, 0.25) is 0 Å². The molecule has 3 aromatic rings. The highest BCUT2D eigenvalue weighted by atomic mass is 79.9. The van der Waals surface area contributed by atoms with E-state index in [4.69, 9.17) is 0 Å². The van der Waals surface area contributed by atoms with E-state index in [1.807, 2.05) is 42.5 Å². The van der Waals surface area contributed by atoms with Gasteiger partial charge in [0.15, 0.2) is 5.78 Å². The standard InChI is InChI=1S/C29H30BrN3O3/c30-24-8-5-20(6-9-24)28(35)27-26-10-7-22(15-21(26)11-13-31-27)29(36)32-16-25(34)18-33-14-12-19-3-1-2-4-23(19)17-33/h1-10,15,25,27,31,34H,11-14,16-18H2,(H,32,36)/t25?,27-/m0/s1. The summed E-state index contributed by atoms with van der Waals surface area (Å²) < 4.78 is 0.929. The van der Waals surface area contributed by atoms with Gasteiger partial charge in [-0.25, -0.2) is 0 Å². The van der Waals surface area contributed by atoms with E-state index in [0.717, 1.165) is 41.5 Å². The van der Waals surface area contributed by atoms with Gasteiger partial charge < -0.3 is 15.7 Å². The van der Waals surface area contributed by atoms with Crippen LogP contribution in [-0.4, -0.2) is 54.0 Å². The van der Waals surface area contributed by atoms with Crippen molar-refractivity contribution < 1.29 is 14.7 Å². The number of ketones is 1. The summed E-state index contributed by atoms with van der Waals surface area (Å²) in [6, 6.07) is 20.9. The molecule has 0 saturated heterocycles. The van der Waals surface area contributed by atoms with Crippen LogP contribution >= 0.6 is 15.9 Å². The number of amides is 1. The molecule has 1 amide bonds. The Morgan fingerprint density at radius 2 is 1.75 bits per heavy atom. The second kappa shape index (κ2) is 11.0. The van der Waals surface area contributed by atoms with Gasteiger partial charge in [0.25, 0.3) is 5.91 Å². The fourth-order valence-electron chi connectivity index (χ4n) is 5.11. The lowest BCUT2D eigenvalue weighted by atomic mass is 9.88. The number of hydrogen-bond donors (Lipinski definition) is 3. The van der Waals surface area contributed by atoms with Gasteiger partial charge in [0.05, 0.1) is 12.1 Å². The number of aliphatic hydroxyl groups is 1. The number of β-amino-alcohol motifs (C(OH)–C–C–N with tert-alkyl or cyclic N) is 1. The number of carbonyl (C=O) groups excluding carboxylic acids is 2. The van der Waals surface area contributed by atoms with Crippen molar-refractivity contribution in [1.82, 2.24) is 15.5 Å². The van der Waals surface area contributed by atoms with Crippen molar-refractivity contribution >= 4 is 27.6 Å². The number of benzene rings is 3. The van der Waals surface area contributed by atoms with Gasteiger partial charge in [-0.2, -0.15) is 0 Å². The predicted molar refractivity (Wildman–Crippen MR) is 143 cm³/mol. The second-order valence-electron chi connectivity index (χ2n) is 9.54. The van der Waals surface area contributed by atoms with E-state index >= 15 is 0 Å². The van der Waals surface area contributed by atoms with Gasteiger partial charge in [0, 0.05) is 48.3 Å². The summed E-state index contributed by atoms with van der Waals surface area (Å²) in [4.78, 5) is 28.2. The number of nitrogens with one attached hydrogen (secondary N) is 2. The molecule has 2 aliphatic rings. The van der Waals surface area contributed by atoms with E-state index in [9.17, 15) is 14.7 Å². The lowest BCUT2D eigenvalue weighted by molar-refractivity contribution is 0.0841. The first-order valence-corrected chi connectivity index (χ1v) is 13.2. The minimum Gasteiger partial charge on any atom is -0.390 e. The molecule has 186 valence electrons. The molecule has 2 heterocycles. The van der Waals surface area contributed by atoms with E-state index in [2.05, 4.69) is 49.7 Å². The van der Waals surface area contributed by atoms with Gasteiger partial charge in [0.1, 0.15) is 0 Å². The maximum Gasteiger partial charge on any atom is 0.251 e. The molecular weight excluding hydrogens is 518 g/mol. The van der Waals surface area contributed by atoms with Gasteiger partial charge in [-0.3, -0.25) is 14.5 Å². The summed E-state index contributed by atoms with van der Waals surface area (Å²) in [5, 5.41) is 16.8. The fraction of sp³-hybridized carbons (Fsp3) is 0.310. The van der Waals surface area contributed by atoms with Crippen LogP contribution in [0.2, 0.25) is 0 Å². The first-order chi connectivity index (χ1) is 17.5. The van der Waals surface area contributed by atoms with Crippen LogP contribution in [0, 0.1) is 0 Å². The first-order valence-electron chi connectivity index (χ1n) is 12.4. The summed E-state index contributed by atoms with van der Waals surface area (Å²) in [6.07, 6.45) is 1.08. The summed E-state index contributed by atoms with van der Waals surface area (Å²) in [5.41, 5.74) is 5.79. The monoisotopic (exact) mass is 547 g/mol. The van der Waals surface area contributed by atoms with E-state index in [1.54, 1.807) is 6.07 Å². The predicted octanol–water partition coefficient (Wildman–Crippen LogP) is 3.67. The van der Waals surface area contributed by atoms with E-state index in [-0.39, 0.29) is 18.2 Å². The molecule has 0 spiro atoms. The Bertz CT molecular complexity index is 1260. The fourth-order valence-corrected chi connectivity index (χ4v) is 5.37. The van der Waals surface area contributed by atoms with Crippen molar-refractivity contribution in [3.05, 3.63) is 105 Å². The Hall–Kier alpha value is -2.84. The van der Waals surface area contributed by atoms with Crippen LogP contribution in [0.3, 0.4) is 0 Å². The van der Waals surface area contributed by atoms with E-state index < -0.39 is 12.1 Å². The molecule has 2 aliphatic heterocycles. The number of halogens is 1. The number of Topliss-reactive ketones (excluding diaryl/α,β-unsaturated/α-hetero) is 1. The third-order valence-electron chi connectivity index (χ3n) is 7.03. The van der Waals surface area contributed by atoms with Gasteiger partial charge >= 0.3 is 0 Å². The van der Waals surface area contributed by atoms with Crippen LogP contribution < -0.4 is 10.6 Å². The van der Waals surface area contributed by atoms with Crippen LogP contribution in [0.1, 0.15) is 49.0 Å². The zero-order valence-corrected chi connectivity index (χ0v) is 21.6. The molecule has 0 radical (unpaired) electrons. The summed E-state index contributed by atoms with van der Waals surface area (Å²) >= 11 is 3.41. The normalized spacial score (nSPS) is 18.1. The summed E-state index contributed by atoms with van der Waals surface area (Å²) in [6.45, 7) is 3.11. The molecular formula is C29H30BrN3O3. The van der Waals surface area contributed by atoms with Crippen LogP contribution in [-0.2, 0) is 19.4 Å². The number of rotatable bonds is 7. The van der Waals surface area contributed by atoms with Crippen molar-refractivity contribution in [1.29, 1.82) is 0 Å². The summed E-state index contributed by atoms with van der Waals surface area (Å²) in [5.74, 6) is -0.195. The largest absolute Gasteiger partial charge is 0.390 e. The zero-order chi connectivity index (χ0) is 25.1. The van der Waals surface area contributed by atoms with Crippen molar-refractivity contribution in [2.45, 2.75) is 31.5 Å². The molecule has 2 atom stereocenters. The van der Waals surface area contributed by atoms with Gasteiger partial charge in [-0.05, 0) is 59.4 Å². The molecule has 0 fully saturated rings. The van der Waals surface area contributed by atoms with Crippen LogP contribution in [0.5, 0.6) is 0 Å². The topological polar surface area (TPSA) is 81.7 Å². The molecule has 1 unspecified atom stereocenters. The molecule has 5 rings (SSSR count). The third kappa shape index (κ3) is 5.60. The Labute approximate surface area is 219 Å². The minimum atomic E-state index is -0.644. The van der Waals surface area contributed by atoms with Crippen LogP contribution in [0.15, 0.2) is 71.2 Å². The maximum atomic E-state index is 13.1. The van der Waals surface area contributed by atoms with Gasteiger partial charge in [-0.15, -0.1) is 0 Å².